The molecular weight excluding hydrogens is 253 g/mol. The van der Waals surface area contributed by atoms with Crippen molar-refractivity contribution in [2.24, 2.45) is 0 Å². The lowest BCUT2D eigenvalue weighted by molar-refractivity contribution is -0.139. The van der Waals surface area contributed by atoms with Crippen LogP contribution in [0.1, 0.15) is 5.56 Å². The summed E-state index contributed by atoms with van der Waals surface area (Å²) < 4.78 is 63.4. The van der Waals surface area contributed by atoms with Crippen LogP contribution in [0.2, 0.25) is 0 Å². The third-order valence-corrected chi connectivity index (χ3v) is 2.28. The highest BCUT2D eigenvalue weighted by Crippen LogP contribution is 2.33. The number of halogens is 5. The third kappa shape index (κ3) is 2.47. The Morgan fingerprint density at radius 1 is 0.944 bits per heavy atom. The predicted molar refractivity (Wildman–Crippen MR) is 54.6 cm³/mol. The van der Waals surface area contributed by atoms with Crippen LogP contribution < -0.4 is 0 Å². The maximum Gasteiger partial charge on any atom is 0.419 e. The van der Waals surface area contributed by atoms with E-state index in [-0.39, 0.29) is 11.3 Å². The molecule has 0 aliphatic rings. The summed E-state index contributed by atoms with van der Waals surface area (Å²) in [5.74, 6) is -2.19. The van der Waals surface area contributed by atoms with Gasteiger partial charge in [-0.25, -0.2) is 9.37 Å². The van der Waals surface area contributed by atoms with Crippen LogP contribution in [0.25, 0.3) is 11.3 Å². The number of hydrogen-bond donors (Lipinski definition) is 0. The van der Waals surface area contributed by atoms with E-state index in [1.807, 2.05) is 0 Å². The van der Waals surface area contributed by atoms with E-state index in [4.69, 9.17) is 0 Å². The van der Waals surface area contributed by atoms with Gasteiger partial charge in [0.15, 0.2) is 0 Å². The van der Waals surface area contributed by atoms with Gasteiger partial charge in [-0.15, -0.1) is 0 Å². The number of rotatable bonds is 1. The molecule has 0 unspecified atom stereocenters. The van der Waals surface area contributed by atoms with Crippen LogP contribution in [0.3, 0.4) is 0 Å². The summed E-state index contributed by atoms with van der Waals surface area (Å²) in [7, 11) is 0. The fraction of sp³-hybridized carbons (Fsp3) is 0.0833. The van der Waals surface area contributed by atoms with E-state index < -0.39 is 23.5 Å². The van der Waals surface area contributed by atoms with Crippen molar-refractivity contribution in [2.75, 3.05) is 0 Å². The Kier molecular flexibility index (Phi) is 3.02. The number of benzene rings is 1. The van der Waals surface area contributed by atoms with Gasteiger partial charge in [-0.2, -0.15) is 17.6 Å². The Morgan fingerprint density at radius 3 is 2.28 bits per heavy atom. The Bertz CT molecular complexity index is 577. The normalized spacial score (nSPS) is 11.6. The fourth-order valence-electron chi connectivity index (χ4n) is 1.47. The smallest absolute Gasteiger partial charge is 0.220 e. The van der Waals surface area contributed by atoms with Gasteiger partial charge in [0.05, 0.1) is 11.3 Å². The summed E-state index contributed by atoms with van der Waals surface area (Å²) in [6.07, 6.45) is -4.80. The van der Waals surface area contributed by atoms with E-state index >= 15 is 0 Å². The Morgan fingerprint density at radius 2 is 1.67 bits per heavy atom. The monoisotopic (exact) mass is 259 g/mol. The first kappa shape index (κ1) is 12.5. The van der Waals surface area contributed by atoms with Crippen molar-refractivity contribution >= 4 is 0 Å². The third-order valence-electron chi connectivity index (χ3n) is 2.28. The maximum atomic E-state index is 13.0. The summed E-state index contributed by atoms with van der Waals surface area (Å²) in [4.78, 5) is 3.44. The first-order chi connectivity index (χ1) is 8.38. The van der Waals surface area contributed by atoms with E-state index in [0.29, 0.717) is 12.1 Å². The molecule has 0 fully saturated rings. The second kappa shape index (κ2) is 4.36. The molecule has 0 aliphatic heterocycles. The summed E-state index contributed by atoms with van der Waals surface area (Å²) in [5.41, 5.74) is -1.38. The molecule has 0 amide bonds. The van der Waals surface area contributed by atoms with Crippen molar-refractivity contribution in [3.63, 3.8) is 0 Å². The van der Waals surface area contributed by atoms with E-state index in [0.717, 1.165) is 12.1 Å². The predicted octanol–water partition coefficient (Wildman–Crippen LogP) is 4.05. The van der Waals surface area contributed by atoms with Crippen LogP contribution in [0, 0.1) is 11.8 Å². The highest BCUT2D eigenvalue weighted by atomic mass is 19.4. The number of pyridine rings is 1. The Labute approximate surface area is 98.9 Å². The lowest BCUT2D eigenvalue weighted by Gasteiger charge is -2.09. The molecule has 0 saturated carbocycles. The van der Waals surface area contributed by atoms with E-state index in [2.05, 4.69) is 4.98 Å². The van der Waals surface area contributed by atoms with E-state index in [1.54, 1.807) is 0 Å². The zero-order valence-electron chi connectivity index (χ0n) is 8.80. The molecule has 0 radical (unpaired) electrons. The molecule has 0 bridgehead atoms. The van der Waals surface area contributed by atoms with Gasteiger partial charge in [0.25, 0.3) is 0 Å². The summed E-state index contributed by atoms with van der Waals surface area (Å²) in [6, 6.07) is 6.14. The topological polar surface area (TPSA) is 12.9 Å². The molecular formula is C12H6F5N. The molecule has 0 aliphatic carbocycles. The van der Waals surface area contributed by atoms with Crippen molar-refractivity contribution in [1.29, 1.82) is 0 Å². The zero-order chi connectivity index (χ0) is 13.3. The molecule has 1 aromatic heterocycles. The molecule has 0 spiro atoms. The summed E-state index contributed by atoms with van der Waals surface area (Å²) in [6.45, 7) is 0. The van der Waals surface area contributed by atoms with Crippen LogP contribution in [-0.2, 0) is 6.18 Å². The molecule has 2 rings (SSSR count). The van der Waals surface area contributed by atoms with Crippen molar-refractivity contribution in [3.05, 3.63) is 53.7 Å². The first-order valence-corrected chi connectivity index (χ1v) is 4.87. The number of hydrogen-bond acceptors (Lipinski definition) is 1. The van der Waals surface area contributed by atoms with Gasteiger partial charge >= 0.3 is 6.18 Å². The SMILES string of the molecule is Fc1cccc(-c2ccc(F)c(C(F)(F)F)c2)n1. The highest BCUT2D eigenvalue weighted by molar-refractivity contribution is 5.60. The second-order valence-corrected chi connectivity index (χ2v) is 3.54. The minimum absolute atomic E-state index is 0.00299. The van der Waals surface area contributed by atoms with Crippen LogP contribution in [0.4, 0.5) is 22.0 Å². The Hall–Kier alpha value is -1.98. The van der Waals surface area contributed by atoms with Crippen LogP contribution in [0.5, 0.6) is 0 Å². The number of nitrogens with zero attached hydrogens (tertiary/aromatic N) is 1. The molecule has 18 heavy (non-hydrogen) atoms. The quantitative estimate of drug-likeness (QED) is 0.556. The fourth-order valence-corrected chi connectivity index (χ4v) is 1.47. The minimum atomic E-state index is -4.80. The molecule has 1 aromatic carbocycles. The van der Waals surface area contributed by atoms with Crippen molar-refractivity contribution in [3.8, 4) is 11.3 Å². The highest BCUT2D eigenvalue weighted by Gasteiger charge is 2.34. The molecule has 6 heteroatoms. The lowest BCUT2D eigenvalue weighted by atomic mass is 10.1. The zero-order valence-corrected chi connectivity index (χ0v) is 8.80. The summed E-state index contributed by atoms with van der Waals surface area (Å²) >= 11 is 0. The van der Waals surface area contributed by atoms with E-state index in [1.165, 1.54) is 12.1 Å². The van der Waals surface area contributed by atoms with Crippen LogP contribution in [0.15, 0.2) is 36.4 Å². The largest absolute Gasteiger partial charge is 0.419 e. The maximum absolute atomic E-state index is 13.0. The Balaban J connectivity index is 2.54. The van der Waals surface area contributed by atoms with Crippen molar-refractivity contribution < 1.29 is 22.0 Å². The van der Waals surface area contributed by atoms with Gasteiger partial charge in [0.2, 0.25) is 5.95 Å². The molecule has 0 saturated heterocycles. The number of aromatic nitrogens is 1. The molecule has 0 atom stereocenters. The van der Waals surface area contributed by atoms with Gasteiger partial charge in [0, 0.05) is 5.56 Å². The van der Waals surface area contributed by atoms with Crippen molar-refractivity contribution in [2.45, 2.75) is 6.18 Å². The van der Waals surface area contributed by atoms with Gasteiger partial charge in [-0.3, -0.25) is 0 Å². The van der Waals surface area contributed by atoms with Gasteiger partial charge in [0.1, 0.15) is 5.82 Å². The van der Waals surface area contributed by atoms with Gasteiger partial charge in [-0.05, 0) is 30.3 Å². The van der Waals surface area contributed by atoms with Gasteiger partial charge < -0.3 is 0 Å². The number of alkyl halides is 3. The molecule has 0 N–H and O–H groups in total. The second-order valence-electron chi connectivity index (χ2n) is 3.54. The van der Waals surface area contributed by atoms with Gasteiger partial charge in [-0.1, -0.05) is 6.07 Å². The van der Waals surface area contributed by atoms with Crippen molar-refractivity contribution in [1.82, 2.24) is 4.98 Å². The first-order valence-electron chi connectivity index (χ1n) is 4.87. The summed E-state index contributed by atoms with van der Waals surface area (Å²) in [5, 5.41) is 0. The molecule has 1 nitrogen and oxygen atoms in total. The standard InChI is InChI=1S/C12H6F5N/c13-9-5-4-7(6-8(9)12(15,16)17)10-2-1-3-11(14)18-10/h1-6H. The molecule has 94 valence electrons. The molecule has 2 aromatic rings. The average Bonchev–Trinajstić information content (AvgIpc) is 2.28. The van der Waals surface area contributed by atoms with Crippen LogP contribution >= 0.6 is 0 Å². The molecule has 1 heterocycles. The minimum Gasteiger partial charge on any atom is -0.220 e. The van der Waals surface area contributed by atoms with E-state index in [9.17, 15) is 22.0 Å². The average molecular weight is 259 g/mol. The van der Waals surface area contributed by atoms with Crippen LogP contribution in [-0.4, -0.2) is 4.98 Å². The lowest BCUT2D eigenvalue weighted by Crippen LogP contribution is -2.08.